The number of benzene rings is 2. The van der Waals surface area contributed by atoms with Crippen molar-refractivity contribution >= 4 is 37.5 Å². The van der Waals surface area contributed by atoms with Crippen LogP contribution < -0.4 is 10.1 Å². The lowest BCUT2D eigenvalue weighted by Gasteiger charge is -2.20. The number of halogens is 2. The van der Waals surface area contributed by atoms with Crippen LogP contribution in [0.15, 0.2) is 45.3 Å². The molecule has 3 rings (SSSR count). The van der Waals surface area contributed by atoms with Gasteiger partial charge in [0.05, 0.1) is 12.6 Å². The van der Waals surface area contributed by atoms with Crippen molar-refractivity contribution < 1.29 is 4.74 Å². The van der Waals surface area contributed by atoms with Crippen molar-refractivity contribution in [3.05, 3.63) is 56.5 Å². The minimum Gasteiger partial charge on any atom is -0.493 e. The topological polar surface area (TPSA) is 21.3 Å². The van der Waals surface area contributed by atoms with Gasteiger partial charge in [-0.1, -0.05) is 28.9 Å². The van der Waals surface area contributed by atoms with Crippen LogP contribution >= 0.6 is 31.9 Å². The third kappa shape index (κ3) is 3.27. The van der Waals surface area contributed by atoms with Crippen molar-refractivity contribution in [1.29, 1.82) is 0 Å². The first-order chi connectivity index (χ1) is 10.2. The lowest BCUT2D eigenvalue weighted by Crippen LogP contribution is -2.10. The largest absolute Gasteiger partial charge is 0.493 e. The van der Waals surface area contributed by atoms with E-state index in [4.69, 9.17) is 4.74 Å². The number of nitrogens with one attached hydrogen (secondary N) is 1. The van der Waals surface area contributed by atoms with Crippen LogP contribution in [0.3, 0.4) is 0 Å². The van der Waals surface area contributed by atoms with E-state index in [2.05, 4.69) is 80.5 Å². The zero-order valence-corrected chi connectivity index (χ0v) is 15.0. The Morgan fingerprint density at radius 1 is 1.19 bits per heavy atom. The summed E-state index contributed by atoms with van der Waals surface area (Å²) in [6.07, 6.45) is 2.05. The Kier molecular flexibility index (Phi) is 4.55. The molecule has 1 aliphatic rings. The van der Waals surface area contributed by atoms with E-state index < -0.39 is 0 Å². The molecule has 1 unspecified atom stereocenters. The fourth-order valence-electron chi connectivity index (χ4n) is 2.64. The minimum atomic E-state index is 0.299. The highest BCUT2D eigenvalue weighted by Crippen LogP contribution is 2.33. The number of fused-ring (bicyclic) bond motifs is 1. The molecule has 0 saturated carbocycles. The molecule has 4 heteroatoms. The van der Waals surface area contributed by atoms with Crippen molar-refractivity contribution in [2.45, 2.75) is 25.8 Å². The summed E-state index contributed by atoms with van der Waals surface area (Å²) >= 11 is 7.10. The Hall–Kier alpha value is -1.00. The van der Waals surface area contributed by atoms with Gasteiger partial charge in [-0.2, -0.15) is 0 Å². The second kappa shape index (κ2) is 6.41. The monoisotopic (exact) mass is 409 g/mol. The van der Waals surface area contributed by atoms with Gasteiger partial charge in [0.1, 0.15) is 5.75 Å². The van der Waals surface area contributed by atoms with Crippen LogP contribution in [-0.4, -0.2) is 6.61 Å². The van der Waals surface area contributed by atoms with E-state index in [-0.39, 0.29) is 0 Å². The van der Waals surface area contributed by atoms with Gasteiger partial charge in [-0.25, -0.2) is 0 Å². The lowest BCUT2D eigenvalue weighted by atomic mass is 10.0. The highest BCUT2D eigenvalue weighted by Gasteiger charge is 2.16. The third-order valence-electron chi connectivity index (χ3n) is 3.78. The van der Waals surface area contributed by atoms with Gasteiger partial charge in [0.15, 0.2) is 0 Å². The molecular weight excluding hydrogens is 394 g/mol. The molecule has 1 N–H and O–H groups in total. The van der Waals surface area contributed by atoms with E-state index in [0.29, 0.717) is 6.04 Å². The summed E-state index contributed by atoms with van der Waals surface area (Å²) in [5, 5.41) is 3.62. The molecule has 0 bridgehead atoms. The molecule has 0 fully saturated rings. The van der Waals surface area contributed by atoms with Gasteiger partial charge in [0.2, 0.25) is 0 Å². The highest BCUT2D eigenvalue weighted by molar-refractivity contribution is 9.11. The average Bonchev–Trinajstić information content (AvgIpc) is 2.94. The van der Waals surface area contributed by atoms with Crippen molar-refractivity contribution in [3.63, 3.8) is 0 Å². The summed E-state index contributed by atoms with van der Waals surface area (Å²) in [4.78, 5) is 0. The Morgan fingerprint density at radius 3 is 2.81 bits per heavy atom. The highest BCUT2D eigenvalue weighted by atomic mass is 79.9. The summed E-state index contributed by atoms with van der Waals surface area (Å²) in [7, 11) is 0. The Morgan fingerprint density at radius 2 is 2.05 bits per heavy atom. The van der Waals surface area contributed by atoms with Crippen LogP contribution in [-0.2, 0) is 6.42 Å². The molecule has 1 atom stereocenters. The first kappa shape index (κ1) is 14.9. The average molecular weight is 411 g/mol. The summed E-state index contributed by atoms with van der Waals surface area (Å²) in [5.74, 6) is 1.04. The maximum absolute atomic E-state index is 5.58. The zero-order chi connectivity index (χ0) is 14.8. The molecule has 0 amide bonds. The van der Waals surface area contributed by atoms with Crippen LogP contribution in [0.25, 0.3) is 0 Å². The summed E-state index contributed by atoms with van der Waals surface area (Å²) in [6.45, 7) is 3.01. The van der Waals surface area contributed by atoms with E-state index in [9.17, 15) is 0 Å². The molecule has 0 radical (unpaired) electrons. The van der Waals surface area contributed by atoms with Gasteiger partial charge in [0, 0.05) is 21.1 Å². The number of hydrogen-bond donors (Lipinski definition) is 1. The Balaban J connectivity index is 1.85. The van der Waals surface area contributed by atoms with Gasteiger partial charge in [0.25, 0.3) is 0 Å². The number of hydrogen-bond acceptors (Lipinski definition) is 2. The summed E-state index contributed by atoms with van der Waals surface area (Å²) < 4.78 is 7.73. The van der Waals surface area contributed by atoms with Crippen molar-refractivity contribution in [3.8, 4) is 5.75 Å². The molecule has 0 saturated heterocycles. The first-order valence-electron chi connectivity index (χ1n) is 7.14. The van der Waals surface area contributed by atoms with Gasteiger partial charge in [-0.15, -0.1) is 0 Å². The molecule has 1 heterocycles. The van der Waals surface area contributed by atoms with Crippen molar-refractivity contribution in [2.24, 2.45) is 0 Å². The molecule has 1 aliphatic heterocycles. The van der Waals surface area contributed by atoms with E-state index >= 15 is 0 Å². The van der Waals surface area contributed by atoms with Gasteiger partial charge >= 0.3 is 0 Å². The second-order valence-corrected chi connectivity index (χ2v) is 6.96. The molecule has 0 aliphatic carbocycles. The number of anilines is 1. The standard InChI is InChI=1S/C17H17Br2NO/c1-2-15(20-16-5-4-13(18)10-14(16)19)11-3-6-17-12(9-11)7-8-21-17/h3-6,9-10,15,20H,2,7-8H2,1H3. The quantitative estimate of drug-likeness (QED) is 0.696. The molecule has 0 aromatic heterocycles. The summed E-state index contributed by atoms with van der Waals surface area (Å²) in [5.41, 5.74) is 3.75. The van der Waals surface area contributed by atoms with Gasteiger partial charge in [-0.05, 0) is 63.8 Å². The van der Waals surface area contributed by atoms with Gasteiger partial charge in [-0.3, -0.25) is 0 Å². The maximum Gasteiger partial charge on any atom is 0.122 e. The smallest absolute Gasteiger partial charge is 0.122 e. The van der Waals surface area contributed by atoms with Gasteiger partial charge < -0.3 is 10.1 Å². The third-order valence-corrected chi connectivity index (χ3v) is 4.93. The van der Waals surface area contributed by atoms with E-state index in [1.807, 2.05) is 0 Å². The number of ether oxygens (including phenoxy) is 1. The van der Waals surface area contributed by atoms with Crippen LogP contribution in [0.5, 0.6) is 5.75 Å². The van der Waals surface area contributed by atoms with Crippen molar-refractivity contribution in [2.75, 3.05) is 11.9 Å². The molecule has 2 nitrogen and oxygen atoms in total. The predicted octanol–water partition coefficient (Wildman–Crippen LogP) is 5.71. The first-order valence-corrected chi connectivity index (χ1v) is 8.73. The molecule has 21 heavy (non-hydrogen) atoms. The van der Waals surface area contributed by atoms with Crippen LogP contribution in [0.2, 0.25) is 0 Å². The Labute approximate surface area is 142 Å². The van der Waals surface area contributed by atoms with E-state index in [1.165, 1.54) is 11.1 Å². The minimum absolute atomic E-state index is 0.299. The Bertz CT molecular complexity index is 657. The van der Waals surface area contributed by atoms with Crippen LogP contribution in [0, 0.1) is 0 Å². The maximum atomic E-state index is 5.58. The van der Waals surface area contributed by atoms with Crippen LogP contribution in [0.4, 0.5) is 5.69 Å². The van der Waals surface area contributed by atoms with Crippen LogP contribution in [0.1, 0.15) is 30.5 Å². The zero-order valence-electron chi connectivity index (χ0n) is 11.8. The number of rotatable bonds is 4. The molecule has 2 aromatic carbocycles. The molecular formula is C17H17Br2NO. The molecule has 0 spiro atoms. The van der Waals surface area contributed by atoms with E-state index in [1.54, 1.807) is 0 Å². The predicted molar refractivity (Wildman–Crippen MR) is 94.1 cm³/mol. The summed E-state index contributed by atoms with van der Waals surface area (Å²) in [6, 6.07) is 13.0. The molecule has 110 valence electrons. The molecule has 2 aromatic rings. The lowest BCUT2D eigenvalue weighted by molar-refractivity contribution is 0.357. The second-order valence-electron chi connectivity index (χ2n) is 5.19. The SMILES string of the molecule is CCC(Nc1ccc(Br)cc1Br)c1ccc2c(c1)CCO2. The normalized spacial score (nSPS) is 14.4. The fourth-order valence-corrected chi connectivity index (χ4v) is 3.80. The van der Waals surface area contributed by atoms with E-state index in [0.717, 1.165) is 39.8 Å². The fraction of sp³-hybridized carbons (Fsp3) is 0.294. The van der Waals surface area contributed by atoms with Crippen molar-refractivity contribution in [1.82, 2.24) is 0 Å².